The van der Waals surface area contributed by atoms with E-state index in [4.69, 9.17) is 5.73 Å². The molecule has 1 saturated carbocycles. The van der Waals surface area contributed by atoms with Gasteiger partial charge in [-0.05, 0) is 43.4 Å². The summed E-state index contributed by atoms with van der Waals surface area (Å²) in [6, 6.07) is 6.21. The van der Waals surface area contributed by atoms with Gasteiger partial charge in [0, 0.05) is 23.7 Å². The zero-order valence-corrected chi connectivity index (χ0v) is 13.8. The fourth-order valence-corrected chi connectivity index (χ4v) is 3.85. The summed E-state index contributed by atoms with van der Waals surface area (Å²) in [6.07, 6.45) is 8.66. The van der Waals surface area contributed by atoms with E-state index in [1.165, 1.54) is 37.7 Å². The quantitative estimate of drug-likeness (QED) is 0.648. The molecule has 4 nitrogen and oxygen atoms in total. The molecular formula is C18H26N4S. The zero-order chi connectivity index (χ0) is 15.4. The maximum Gasteiger partial charge on any atom is 0.190 e. The van der Waals surface area contributed by atoms with Gasteiger partial charge in [-0.1, -0.05) is 38.5 Å². The second-order valence-corrected chi connectivity index (χ2v) is 6.86. The molecule has 0 aromatic carbocycles. The van der Waals surface area contributed by atoms with Crippen molar-refractivity contribution >= 4 is 17.6 Å². The molecular weight excluding hydrogens is 304 g/mol. The van der Waals surface area contributed by atoms with Gasteiger partial charge >= 0.3 is 0 Å². The summed E-state index contributed by atoms with van der Waals surface area (Å²) in [5, 5.41) is 0.724. The summed E-state index contributed by atoms with van der Waals surface area (Å²) in [5.41, 5.74) is 9.21. The number of pyridine rings is 1. The molecule has 0 bridgehead atoms. The molecule has 0 saturated heterocycles. The van der Waals surface area contributed by atoms with Gasteiger partial charge in [0.25, 0.3) is 0 Å². The number of thioether (sulfide) groups is 1. The molecule has 2 N–H and O–H groups in total. The minimum absolute atomic E-state index is 0. The second-order valence-electron chi connectivity index (χ2n) is 5.92. The van der Waals surface area contributed by atoms with Crippen molar-refractivity contribution in [2.75, 3.05) is 5.73 Å². The van der Waals surface area contributed by atoms with Crippen LogP contribution in [0.2, 0.25) is 0 Å². The lowest BCUT2D eigenvalue weighted by Crippen LogP contribution is -2.05. The van der Waals surface area contributed by atoms with Crippen molar-refractivity contribution in [2.45, 2.75) is 63.3 Å². The van der Waals surface area contributed by atoms with Crippen LogP contribution in [0.15, 0.2) is 29.6 Å². The van der Waals surface area contributed by atoms with E-state index in [9.17, 15) is 0 Å². The van der Waals surface area contributed by atoms with Gasteiger partial charge in [0.15, 0.2) is 5.16 Å². The number of nitrogen functional groups attached to an aromatic ring is 1. The third-order valence-corrected chi connectivity index (χ3v) is 5.00. The first-order valence-corrected chi connectivity index (χ1v) is 8.88. The van der Waals surface area contributed by atoms with Crippen LogP contribution in [0.3, 0.4) is 0 Å². The number of hydrogen-bond donors (Lipinski definition) is 1. The third-order valence-electron chi connectivity index (χ3n) is 4.12. The van der Waals surface area contributed by atoms with E-state index in [0.29, 0.717) is 11.7 Å². The van der Waals surface area contributed by atoms with E-state index >= 15 is 0 Å². The molecule has 23 heavy (non-hydrogen) atoms. The summed E-state index contributed by atoms with van der Waals surface area (Å²) in [7, 11) is 0. The molecule has 0 amide bonds. The Morgan fingerprint density at radius 2 is 1.96 bits per heavy atom. The van der Waals surface area contributed by atoms with E-state index in [1.54, 1.807) is 17.8 Å². The minimum Gasteiger partial charge on any atom is -0.384 e. The smallest absolute Gasteiger partial charge is 0.190 e. The molecule has 0 aliphatic heterocycles. The highest BCUT2D eigenvalue weighted by molar-refractivity contribution is 7.98. The standard InChI is InChI=1S/C17H22N4S.CH4/c1-12-9-16(18)21-17(20-12)22-11-15-10-14(7-8-19-15)13-5-3-2-4-6-13;/h7-10,13H,2-6,11H2,1H3,(H2,18,20,21);1H4. The van der Waals surface area contributed by atoms with Crippen LogP contribution in [-0.4, -0.2) is 15.0 Å². The van der Waals surface area contributed by atoms with Crippen molar-refractivity contribution in [1.82, 2.24) is 15.0 Å². The SMILES string of the molecule is C.Cc1cc(N)nc(SCc2cc(C3CCCCC3)ccn2)n1. The summed E-state index contributed by atoms with van der Waals surface area (Å²) < 4.78 is 0. The van der Waals surface area contributed by atoms with Crippen LogP contribution < -0.4 is 5.73 Å². The van der Waals surface area contributed by atoms with Crippen LogP contribution >= 0.6 is 11.8 Å². The van der Waals surface area contributed by atoms with Crippen LogP contribution in [0, 0.1) is 6.92 Å². The predicted molar refractivity (Wildman–Crippen MR) is 97.5 cm³/mol. The van der Waals surface area contributed by atoms with Gasteiger partial charge in [-0.25, -0.2) is 9.97 Å². The maximum absolute atomic E-state index is 5.77. The van der Waals surface area contributed by atoms with Gasteiger partial charge in [-0.2, -0.15) is 0 Å². The van der Waals surface area contributed by atoms with Gasteiger partial charge in [-0.15, -0.1) is 0 Å². The molecule has 0 radical (unpaired) electrons. The first kappa shape index (κ1) is 17.7. The summed E-state index contributed by atoms with van der Waals surface area (Å²) in [4.78, 5) is 13.2. The van der Waals surface area contributed by atoms with E-state index in [2.05, 4.69) is 27.1 Å². The first-order valence-electron chi connectivity index (χ1n) is 7.89. The fraction of sp³-hybridized carbons (Fsp3) is 0.500. The highest BCUT2D eigenvalue weighted by atomic mass is 32.2. The van der Waals surface area contributed by atoms with E-state index in [-0.39, 0.29) is 7.43 Å². The van der Waals surface area contributed by atoms with Crippen LogP contribution in [0.4, 0.5) is 5.82 Å². The van der Waals surface area contributed by atoms with Gasteiger partial charge in [0.05, 0.1) is 5.69 Å². The van der Waals surface area contributed by atoms with Crippen LogP contribution in [-0.2, 0) is 5.75 Å². The largest absolute Gasteiger partial charge is 0.384 e. The molecule has 1 aliphatic carbocycles. The van der Waals surface area contributed by atoms with Crippen molar-refractivity contribution in [1.29, 1.82) is 0 Å². The number of nitrogens with zero attached hydrogens (tertiary/aromatic N) is 3. The van der Waals surface area contributed by atoms with E-state index < -0.39 is 0 Å². The molecule has 0 unspecified atom stereocenters. The molecule has 0 atom stereocenters. The fourth-order valence-electron chi connectivity index (χ4n) is 3.03. The Morgan fingerprint density at radius 3 is 2.70 bits per heavy atom. The molecule has 124 valence electrons. The number of hydrogen-bond acceptors (Lipinski definition) is 5. The molecule has 3 rings (SSSR count). The Bertz CT molecular complexity index is 618. The highest BCUT2D eigenvalue weighted by Gasteiger charge is 2.16. The monoisotopic (exact) mass is 330 g/mol. The maximum atomic E-state index is 5.77. The van der Waals surface area contributed by atoms with Gasteiger partial charge in [0.2, 0.25) is 0 Å². The molecule has 0 spiro atoms. The van der Waals surface area contributed by atoms with Crippen molar-refractivity contribution in [3.8, 4) is 0 Å². The number of aromatic nitrogens is 3. The second kappa shape index (κ2) is 8.29. The van der Waals surface area contributed by atoms with Crippen molar-refractivity contribution in [2.24, 2.45) is 0 Å². The predicted octanol–water partition coefficient (Wildman–Crippen LogP) is 4.74. The Labute approximate surface area is 143 Å². The topological polar surface area (TPSA) is 64.7 Å². The van der Waals surface area contributed by atoms with E-state index in [0.717, 1.165) is 22.3 Å². The highest BCUT2D eigenvalue weighted by Crippen LogP contribution is 2.33. The average molecular weight is 331 g/mol. The van der Waals surface area contributed by atoms with Crippen LogP contribution in [0.5, 0.6) is 0 Å². The summed E-state index contributed by atoms with van der Waals surface area (Å²) in [5.74, 6) is 2.02. The lowest BCUT2D eigenvalue weighted by atomic mass is 9.84. The molecule has 1 aliphatic rings. The van der Waals surface area contributed by atoms with Crippen molar-refractivity contribution in [3.63, 3.8) is 0 Å². The molecule has 5 heteroatoms. The number of anilines is 1. The number of aryl methyl sites for hydroxylation is 1. The average Bonchev–Trinajstić information content (AvgIpc) is 2.53. The Kier molecular flexibility index (Phi) is 6.39. The summed E-state index contributed by atoms with van der Waals surface area (Å²) in [6.45, 7) is 1.93. The minimum atomic E-state index is 0. The molecule has 2 aromatic heterocycles. The van der Waals surface area contributed by atoms with Crippen LogP contribution in [0.25, 0.3) is 0 Å². The van der Waals surface area contributed by atoms with Crippen molar-refractivity contribution < 1.29 is 0 Å². The molecule has 2 aromatic rings. The molecule has 1 fully saturated rings. The Hall–Kier alpha value is -1.62. The Morgan fingerprint density at radius 1 is 1.17 bits per heavy atom. The number of rotatable bonds is 4. The number of nitrogens with two attached hydrogens (primary N) is 1. The third kappa shape index (κ3) is 4.93. The van der Waals surface area contributed by atoms with Crippen molar-refractivity contribution in [3.05, 3.63) is 41.3 Å². The lowest BCUT2D eigenvalue weighted by molar-refractivity contribution is 0.443. The van der Waals surface area contributed by atoms with Gasteiger partial charge in [-0.3, -0.25) is 4.98 Å². The van der Waals surface area contributed by atoms with Crippen LogP contribution in [0.1, 0.15) is 62.4 Å². The molecule has 2 heterocycles. The zero-order valence-electron chi connectivity index (χ0n) is 13.0. The van der Waals surface area contributed by atoms with Gasteiger partial charge in [0.1, 0.15) is 5.82 Å². The summed E-state index contributed by atoms with van der Waals surface area (Å²) >= 11 is 1.59. The lowest BCUT2D eigenvalue weighted by Gasteiger charge is -2.22. The Balaban J connectivity index is 0.00000192. The normalized spacial score (nSPS) is 15.2. The van der Waals surface area contributed by atoms with Gasteiger partial charge < -0.3 is 5.73 Å². The van der Waals surface area contributed by atoms with E-state index in [1.807, 2.05) is 13.1 Å². The first-order chi connectivity index (χ1) is 10.7.